The van der Waals surface area contributed by atoms with Crippen LogP contribution in [0, 0.1) is 0 Å². The van der Waals surface area contributed by atoms with E-state index in [1.807, 2.05) is 0 Å². The van der Waals surface area contributed by atoms with Crippen molar-refractivity contribution in [1.82, 2.24) is 9.80 Å². The second-order valence-electron chi connectivity index (χ2n) is 8.35. The summed E-state index contributed by atoms with van der Waals surface area (Å²) in [7, 11) is 6.96. The smallest absolute Gasteiger partial charge is 0.308 e. The normalized spacial score (nSPS) is 12.7. The molecule has 0 fully saturated rings. The summed E-state index contributed by atoms with van der Waals surface area (Å²) in [6.07, 6.45) is 0. The van der Waals surface area contributed by atoms with Crippen molar-refractivity contribution in [2.45, 2.75) is 39.3 Å². The largest absolute Gasteiger partial charge is 1.00 e. The molecule has 2 nitrogen and oxygen atoms in total. The first-order valence-electron chi connectivity index (χ1n) is 7.54. The van der Waals surface area contributed by atoms with Gasteiger partial charge < -0.3 is 9.80 Å². The van der Waals surface area contributed by atoms with Crippen molar-refractivity contribution < 1.29 is 51.4 Å². The molecular formula is C15H43BKN2PSi2. The molecule has 0 heterocycles. The van der Waals surface area contributed by atoms with E-state index >= 15 is 0 Å². The summed E-state index contributed by atoms with van der Waals surface area (Å²) >= 11 is 0. The summed E-state index contributed by atoms with van der Waals surface area (Å²) in [6.45, 7) is 22.4. The Hall–Kier alpha value is 2.36. The molecule has 0 N–H and O–H groups in total. The van der Waals surface area contributed by atoms with Gasteiger partial charge >= 0.3 is 51.4 Å². The maximum absolute atomic E-state index is 2.61. The second kappa shape index (κ2) is 11.9. The van der Waals surface area contributed by atoms with E-state index in [2.05, 4.69) is 95.1 Å². The number of rotatable bonds is 5. The summed E-state index contributed by atoms with van der Waals surface area (Å²) in [4.78, 5) is 4.36. The number of hydrogen-bond donors (Lipinski definition) is 0. The molecule has 0 unspecified atom stereocenters. The van der Waals surface area contributed by atoms with Gasteiger partial charge in [0.1, 0.15) is 0 Å². The molecule has 0 aliphatic heterocycles. The van der Waals surface area contributed by atoms with Crippen molar-refractivity contribution in [3.63, 3.8) is 0 Å². The standard InChI is InChI=1S/C9H27BPSi2.C6H16N2.K/c1-11(2,10)9(12(3,4)5)13(6,7)8;1-7(2)5-6-8(3)4;/h1-8,10H3;5-6H2,1-4H3;/q-1;;+1. The fraction of sp³-hybridized carbons (Fsp3) is 0.933. The molecule has 130 valence electrons. The molecule has 0 radical (unpaired) electrons. The van der Waals surface area contributed by atoms with Gasteiger partial charge in [-0.05, 0) is 35.8 Å². The minimum atomic E-state index is -0.967. The first-order valence-corrected chi connectivity index (χ1v) is 16.8. The molecule has 22 heavy (non-hydrogen) atoms. The molecule has 0 aromatic rings. The Morgan fingerprint density at radius 2 is 1.00 bits per heavy atom. The quantitative estimate of drug-likeness (QED) is 0.467. The van der Waals surface area contributed by atoms with Crippen molar-refractivity contribution in [2.75, 3.05) is 54.6 Å². The van der Waals surface area contributed by atoms with Crippen molar-refractivity contribution in [3.8, 4) is 0 Å². The average molecular weight is 389 g/mol. The predicted octanol–water partition coefficient (Wildman–Crippen LogP) is -0.415. The van der Waals surface area contributed by atoms with Crippen LogP contribution in [0.2, 0.25) is 39.3 Å². The van der Waals surface area contributed by atoms with Crippen LogP contribution in [0.4, 0.5) is 0 Å². The Morgan fingerprint density at radius 1 is 0.773 bits per heavy atom. The third kappa shape index (κ3) is 15.9. The summed E-state index contributed by atoms with van der Waals surface area (Å²) in [5.74, 6) is 0. The Balaban J connectivity index is -0.000000348. The van der Waals surface area contributed by atoms with Crippen LogP contribution in [0.3, 0.4) is 0 Å². The van der Waals surface area contributed by atoms with E-state index in [1.165, 1.54) is 0 Å². The molecule has 0 aromatic carbocycles. The zero-order valence-electron chi connectivity index (χ0n) is 17.3. The molecule has 0 aliphatic rings. The van der Waals surface area contributed by atoms with E-state index in [0.717, 1.165) is 13.1 Å². The van der Waals surface area contributed by atoms with Gasteiger partial charge in [-0.2, -0.15) is 0 Å². The van der Waals surface area contributed by atoms with Crippen LogP contribution in [0.1, 0.15) is 0 Å². The van der Waals surface area contributed by atoms with Gasteiger partial charge in [0, 0.05) is 13.1 Å². The molecule has 7 heteroatoms. The first kappa shape index (κ1) is 29.1. The van der Waals surface area contributed by atoms with Gasteiger partial charge in [0.25, 0.3) is 0 Å². The van der Waals surface area contributed by atoms with Gasteiger partial charge in [0.2, 0.25) is 0 Å². The zero-order valence-corrected chi connectivity index (χ0v) is 23.3. The fourth-order valence-corrected chi connectivity index (χ4v) is 22.6. The first-order chi connectivity index (χ1) is 8.99. The molecule has 0 saturated heterocycles. The van der Waals surface area contributed by atoms with E-state index in [9.17, 15) is 0 Å². The number of hydrogen-bond acceptors (Lipinski definition) is 2. The summed E-state index contributed by atoms with van der Waals surface area (Å²) < 4.78 is 2.15. The van der Waals surface area contributed by atoms with Crippen molar-refractivity contribution in [2.24, 2.45) is 0 Å². The summed E-state index contributed by atoms with van der Waals surface area (Å²) in [5, 5.41) is 0. The molecule has 0 aromatic heterocycles. The Labute approximate surface area is 188 Å². The van der Waals surface area contributed by atoms with Crippen LogP contribution in [-0.2, 0) is 0 Å². The maximum atomic E-state index is 2.61. The van der Waals surface area contributed by atoms with Gasteiger partial charge in [-0.15, -0.1) is 4.54 Å². The Kier molecular flexibility index (Phi) is 15.7. The molecular weight excluding hydrogens is 345 g/mol. The van der Waals surface area contributed by atoms with Gasteiger partial charge in [-0.3, -0.25) is 6.76 Å². The predicted molar refractivity (Wildman–Crippen MR) is 118 cm³/mol. The molecule has 0 amide bonds. The third-order valence-electron chi connectivity index (χ3n) is 2.86. The van der Waals surface area contributed by atoms with Crippen molar-refractivity contribution in [1.29, 1.82) is 0 Å². The summed E-state index contributed by atoms with van der Waals surface area (Å²) in [6, 6.07) is 0. The Bertz CT molecular complexity index is 323. The van der Waals surface area contributed by atoms with E-state index in [0.29, 0.717) is 7.57 Å². The van der Waals surface area contributed by atoms with Gasteiger partial charge in [0.15, 0.2) is 0 Å². The van der Waals surface area contributed by atoms with Crippen LogP contribution in [-0.4, -0.2) is 92.7 Å². The van der Waals surface area contributed by atoms with Crippen molar-refractivity contribution in [3.05, 3.63) is 0 Å². The monoisotopic (exact) mass is 388 g/mol. The molecule has 0 rings (SSSR count). The van der Waals surface area contributed by atoms with Crippen LogP contribution in [0.5, 0.6) is 0 Å². The third-order valence-corrected chi connectivity index (χ3v) is 17.8. The van der Waals surface area contributed by atoms with E-state index < -0.39 is 22.9 Å². The average Bonchev–Trinajstić information content (AvgIpc) is 2.07. The molecule has 0 saturated carbocycles. The van der Waals surface area contributed by atoms with Crippen LogP contribution in [0.25, 0.3) is 0 Å². The molecule has 0 aliphatic carbocycles. The molecule has 0 spiro atoms. The minimum absolute atomic E-state index is 0. The molecule has 0 atom stereocenters. The van der Waals surface area contributed by atoms with Gasteiger partial charge in [-0.1, -0.05) is 52.6 Å². The number of nitrogens with zero attached hydrogens (tertiary/aromatic N) is 2. The van der Waals surface area contributed by atoms with Crippen LogP contribution >= 0.6 is 6.76 Å². The van der Waals surface area contributed by atoms with E-state index in [4.69, 9.17) is 0 Å². The van der Waals surface area contributed by atoms with E-state index in [1.54, 1.807) is 0 Å². The van der Waals surface area contributed by atoms with Gasteiger partial charge in [-0.25, -0.2) is 0 Å². The zero-order chi connectivity index (χ0) is 17.6. The SMILES string of the molecule is CN(C)CCN(C)C.[BH3-]P(C)(C)=C([Si](C)(C)C)[Si](C)(C)C.[K+]. The summed E-state index contributed by atoms with van der Waals surface area (Å²) in [5.41, 5.74) is 0. The topological polar surface area (TPSA) is 6.48 Å². The van der Waals surface area contributed by atoms with Gasteiger partial charge in [0.05, 0.1) is 16.1 Å². The molecule has 0 bridgehead atoms. The fourth-order valence-electron chi connectivity index (χ4n) is 2.87. The minimum Gasteiger partial charge on any atom is -0.308 e. The second-order valence-corrected chi connectivity index (χ2v) is 21.9. The van der Waals surface area contributed by atoms with Crippen molar-refractivity contribution >= 4 is 35.0 Å². The number of likely N-dealkylation sites (N-methyl/N-ethyl adjacent to an activating group) is 2. The van der Waals surface area contributed by atoms with Crippen LogP contribution < -0.4 is 51.4 Å². The van der Waals surface area contributed by atoms with Crippen LogP contribution in [0.15, 0.2) is 0 Å². The maximum Gasteiger partial charge on any atom is 1.00 e. The van der Waals surface area contributed by atoms with E-state index in [-0.39, 0.29) is 51.4 Å². The Morgan fingerprint density at radius 3 is 1.05 bits per heavy atom.